The monoisotopic (exact) mass is 273 g/mol. The van der Waals surface area contributed by atoms with Crippen LogP contribution in [0.25, 0.3) is 0 Å². The van der Waals surface area contributed by atoms with Crippen molar-refractivity contribution in [2.45, 2.75) is 13.0 Å². The summed E-state index contributed by atoms with van der Waals surface area (Å²) in [6.45, 7) is 1.12. The van der Waals surface area contributed by atoms with Crippen molar-refractivity contribution >= 4 is 11.8 Å². The standard InChI is InChI=1S/C13H15N5O2/c1-18-11(8-15-17-18)16-13(19)14-7-10-4-2-3-9-5-6-20-12(9)10/h2-4,8H,5-7H2,1H3,(H2,14,16,19). The van der Waals surface area contributed by atoms with Crippen LogP contribution in [0.2, 0.25) is 0 Å². The van der Waals surface area contributed by atoms with E-state index in [-0.39, 0.29) is 6.03 Å². The predicted octanol–water partition coefficient (Wildman–Crippen LogP) is 1.07. The molecule has 1 aromatic carbocycles. The third-order valence-electron chi connectivity index (χ3n) is 3.19. The minimum Gasteiger partial charge on any atom is -0.493 e. The summed E-state index contributed by atoms with van der Waals surface area (Å²) >= 11 is 0. The number of para-hydroxylation sites is 1. The number of nitrogens with zero attached hydrogens (tertiary/aromatic N) is 3. The molecule has 0 aliphatic carbocycles. The predicted molar refractivity (Wildman–Crippen MR) is 72.5 cm³/mol. The number of hydrogen-bond donors (Lipinski definition) is 2. The molecular weight excluding hydrogens is 258 g/mol. The number of aryl methyl sites for hydroxylation is 1. The fourth-order valence-electron chi connectivity index (χ4n) is 2.16. The number of carbonyl (C=O) groups is 1. The summed E-state index contributed by atoms with van der Waals surface area (Å²) in [5, 5.41) is 12.9. The topological polar surface area (TPSA) is 81.1 Å². The van der Waals surface area contributed by atoms with Gasteiger partial charge in [0, 0.05) is 25.6 Å². The fourth-order valence-corrected chi connectivity index (χ4v) is 2.16. The summed E-state index contributed by atoms with van der Waals surface area (Å²) in [5.41, 5.74) is 2.18. The maximum Gasteiger partial charge on any atom is 0.320 e. The van der Waals surface area contributed by atoms with Crippen molar-refractivity contribution in [3.8, 4) is 5.75 Å². The van der Waals surface area contributed by atoms with E-state index in [1.54, 1.807) is 7.05 Å². The quantitative estimate of drug-likeness (QED) is 0.876. The zero-order valence-electron chi connectivity index (χ0n) is 11.1. The van der Waals surface area contributed by atoms with E-state index in [4.69, 9.17) is 4.74 Å². The molecule has 1 aromatic heterocycles. The summed E-state index contributed by atoms with van der Waals surface area (Å²) in [6.07, 6.45) is 2.42. The van der Waals surface area contributed by atoms with Crippen LogP contribution in [0.4, 0.5) is 10.6 Å². The molecule has 104 valence electrons. The van der Waals surface area contributed by atoms with Gasteiger partial charge in [0.2, 0.25) is 0 Å². The van der Waals surface area contributed by atoms with Gasteiger partial charge < -0.3 is 10.1 Å². The maximum absolute atomic E-state index is 11.8. The van der Waals surface area contributed by atoms with Gasteiger partial charge in [-0.3, -0.25) is 5.32 Å². The zero-order chi connectivity index (χ0) is 13.9. The molecule has 1 aliphatic heterocycles. The van der Waals surface area contributed by atoms with E-state index in [1.165, 1.54) is 16.4 Å². The third kappa shape index (κ3) is 2.42. The van der Waals surface area contributed by atoms with E-state index in [2.05, 4.69) is 20.9 Å². The lowest BCUT2D eigenvalue weighted by Gasteiger charge is -2.10. The fraction of sp³-hybridized carbons (Fsp3) is 0.308. The molecule has 2 amide bonds. The summed E-state index contributed by atoms with van der Waals surface area (Å²) in [7, 11) is 1.71. The molecule has 3 rings (SSSR count). The van der Waals surface area contributed by atoms with E-state index in [0.29, 0.717) is 19.0 Å². The molecule has 2 heterocycles. The Morgan fingerprint density at radius 3 is 3.20 bits per heavy atom. The maximum atomic E-state index is 11.8. The number of ether oxygens (including phenoxy) is 1. The highest BCUT2D eigenvalue weighted by Gasteiger charge is 2.16. The first-order valence-electron chi connectivity index (χ1n) is 6.37. The van der Waals surface area contributed by atoms with Gasteiger partial charge in [-0.2, -0.15) is 0 Å². The van der Waals surface area contributed by atoms with Crippen LogP contribution in [0.3, 0.4) is 0 Å². The molecule has 0 spiro atoms. The van der Waals surface area contributed by atoms with Gasteiger partial charge in [-0.15, -0.1) is 5.10 Å². The SMILES string of the molecule is Cn1nncc1NC(=O)NCc1cccc2c1OCC2. The number of benzene rings is 1. The van der Waals surface area contributed by atoms with Crippen LogP contribution >= 0.6 is 0 Å². The Morgan fingerprint density at radius 1 is 1.50 bits per heavy atom. The Hall–Kier alpha value is -2.57. The Balaban J connectivity index is 1.61. The molecular formula is C13H15N5O2. The van der Waals surface area contributed by atoms with E-state index in [0.717, 1.165) is 17.7 Å². The highest BCUT2D eigenvalue weighted by atomic mass is 16.5. The molecule has 0 unspecified atom stereocenters. The average molecular weight is 273 g/mol. The molecule has 0 atom stereocenters. The number of hydrogen-bond acceptors (Lipinski definition) is 4. The number of amides is 2. The minimum atomic E-state index is -0.300. The number of fused-ring (bicyclic) bond motifs is 1. The van der Waals surface area contributed by atoms with E-state index < -0.39 is 0 Å². The van der Waals surface area contributed by atoms with Crippen LogP contribution in [0.1, 0.15) is 11.1 Å². The molecule has 0 radical (unpaired) electrons. The smallest absolute Gasteiger partial charge is 0.320 e. The lowest BCUT2D eigenvalue weighted by atomic mass is 10.1. The molecule has 0 bridgehead atoms. The second-order valence-electron chi connectivity index (χ2n) is 4.55. The van der Waals surface area contributed by atoms with Crippen molar-refractivity contribution in [3.05, 3.63) is 35.5 Å². The Labute approximate surface area is 115 Å². The number of carbonyl (C=O) groups excluding carboxylic acids is 1. The number of urea groups is 1. The third-order valence-corrected chi connectivity index (χ3v) is 3.19. The number of anilines is 1. The van der Waals surface area contributed by atoms with Crippen LogP contribution in [0.5, 0.6) is 5.75 Å². The summed E-state index contributed by atoms with van der Waals surface area (Å²) < 4.78 is 7.08. The molecule has 0 saturated heterocycles. The van der Waals surface area contributed by atoms with Gasteiger partial charge in [-0.1, -0.05) is 23.4 Å². The van der Waals surface area contributed by atoms with Crippen LogP contribution in [0, 0.1) is 0 Å². The number of rotatable bonds is 3. The van der Waals surface area contributed by atoms with Gasteiger partial charge >= 0.3 is 6.03 Å². The van der Waals surface area contributed by atoms with E-state index >= 15 is 0 Å². The van der Waals surface area contributed by atoms with E-state index in [9.17, 15) is 4.79 Å². The first-order valence-corrected chi connectivity index (χ1v) is 6.37. The Kier molecular flexibility index (Phi) is 3.24. The molecule has 2 N–H and O–H groups in total. The first kappa shape index (κ1) is 12.5. The van der Waals surface area contributed by atoms with Gasteiger partial charge in [-0.05, 0) is 5.56 Å². The molecule has 2 aromatic rings. The second kappa shape index (κ2) is 5.20. The minimum absolute atomic E-state index is 0.300. The van der Waals surface area contributed by atoms with Crippen molar-refractivity contribution in [3.63, 3.8) is 0 Å². The summed E-state index contributed by atoms with van der Waals surface area (Å²) in [5.74, 6) is 1.44. The van der Waals surface area contributed by atoms with Crippen LogP contribution in [0.15, 0.2) is 24.4 Å². The normalized spacial score (nSPS) is 12.7. The van der Waals surface area contributed by atoms with Gasteiger partial charge in [-0.25, -0.2) is 9.48 Å². The van der Waals surface area contributed by atoms with Gasteiger partial charge in [0.15, 0.2) is 5.82 Å². The highest BCUT2D eigenvalue weighted by molar-refractivity contribution is 5.88. The lowest BCUT2D eigenvalue weighted by molar-refractivity contribution is 0.251. The van der Waals surface area contributed by atoms with Gasteiger partial charge in [0.1, 0.15) is 5.75 Å². The average Bonchev–Trinajstić information content (AvgIpc) is 3.06. The van der Waals surface area contributed by atoms with Gasteiger partial charge in [0.25, 0.3) is 0 Å². The zero-order valence-corrected chi connectivity index (χ0v) is 11.1. The van der Waals surface area contributed by atoms with Crippen LogP contribution in [-0.4, -0.2) is 27.6 Å². The van der Waals surface area contributed by atoms with Crippen molar-refractivity contribution < 1.29 is 9.53 Å². The molecule has 0 saturated carbocycles. The Morgan fingerprint density at radius 2 is 2.40 bits per heavy atom. The number of aromatic nitrogens is 3. The summed E-state index contributed by atoms with van der Waals surface area (Å²) in [6, 6.07) is 5.68. The van der Waals surface area contributed by atoms with Crippen molar-refractivity contribution in [2.75, 3.05) is 11.9 Å². The van der Waals surface area contributed by atoms with Crippen LogP contribution < -0.4 is 15.4 Å². The molecule has 0 fully saturated rings. The number of nitrogens with one attached hydrogen (secondary N) is 2. The van der Waals surface area contributed by atoms with E-state index in [1.807, 2.05) is 18.2 Å². The molecule has 7 nitrogen and oxygen atoms in total. The molecule has 1 aliphatic rings. The van der Waals surface area contributed by atoms with Crippen molar-refractivity contribution in [1.82, 2.24) is 20.3 Å². The first-order chi connectivity index (χ1) is 9.74. The highest BCUT2D eigenvalue weighted by Crippen LogP contribution is 2.29. The largest absolute Gasteiger partial charge is 0.493 e. The van der Waals surface area contributed by atoms with Crippen molar-refractivity contribution in [2.24, 2.45) is 7.05 Å². The summed E-state index contributed by atoms with van der Waals surface area (Å²) in [4.78, 5) is 11.8. The molecule has 7 heteroatoms. The second-order valence-corrected chi connectivity index (χ2v) is 4.55. The van der Waals surface area contributed by atoms with Gasteiger partial charge in [0.05, 0.1) is 12.8 Å². The van der Waals surface area contributed by atoms with Crippen molar-refractivity contribution in [1.29, 1.82) is 0 Å². The van der Waals surface area contributed by atoms with Crippen LogP contribution in [-0.2, 0) is 20.0 Å². The molecule has 20 heavy (non-hydrogen) atoms. The Bertz CT molecular complexity index is 637. The lowest BCUT2D eigenvalue weighted by Crippen LogP contribution is -2.29.